The van der Waals surface area contributed by atoms with Crippen LogP contribution in [-0.2, 0) is 4.79 Å². The maximum atomic E-state index is 13.0. The SMILES string of the molecule is N#C[C@@H]1CCCN1C(=O)CNC12CCC(NC(=O)Nc3ccc(F)cc3)(CC1)CC2. The number of nitrogens with one attached hydrogen (secondary N) is 3. The molecule has 0 aromatic heterocycles. The average molecular weight is 413 g/mol. The van der Waals surface area contributed by atoms with Gasteiger partial charge in [0, 0.05) is 23.3 Å². The van der Waals surface area contributed by atoms with Crippen LogP contribution in [0, 0.1) is 17.1 Å². The lowest BCUT2D eigenvalue weighted by Crippen LogP contribution is -2.64. The van der Waals surface area contributed by atoms with Gasteiger partial charge >= 0.3 is 6.03 Å². The highest BCUT2D eigenvalue weighted by molar-refractivity contribution is 5.89. The molecule has 1 aromatic carbocycles. The molecule has 7 nitrogen and oxygen atoms in total. The minimum atomic E-state index is -0.339. The van der Waals surface area contributed by atoms with Crippen molar-refractivity contribution in [3.63, 3.8) is 0 Å². The predicted octanol–water partition coefficient (Wildman–Crippen LogP) is 2.90. The molecule has 3 saturated carbocycles. The molecule has 160 valence electrons. The highest BCUT2D eigenvalue weighted by atomic mass is 19.1. The van der Waals surface area contributed by atoms with Crippen LogP contribution in [0.3, 0.4) is 0 Å². The van der Waals surface area contributed by atoms with Crippen molar-refractivity contribution in [1.29, 1.82) is 5.26 Å². The molecule has 5 rings (SSSR count). The molecular weight excluding hydrogens is 385 g/mol. The molecule has 0 spiro atoms. The largest absolute Gasteiger partial charge is 0.332 e. The molecule has 1 heterocycles. The zero-order valence-corrected chi connectivity index (χ0v) is 17.0. The summed E-state index contributed by atoms with van der Waals surface area (Å²) in [6.45, 7) is 0.936. The molecule has 0 unspecified atom stereocenters. The molecule has 4 aliphatic rings. The predicted molar refractivity (Wildman–Crippen MR) is 110 cm³/mol. The van der Waals surface area contributed by atoms with E-state index in [-0.39, 0.29) is 41.4 Å². The first kappa shape index (κ1) is 20.6. The Morgan fingerprint density at radius 3 is 2.37 bits per heavy atom. The molecule has 1 aromatic rings. The second-order valence-electron chi connectivity index (χ2n) is 8.87. The fourth-order valence-corrected chi connectivity index (χ4v) is 5.14. The van der Waals surface area contributed by atoms with Crippen LogP contribution in [0.1, 0.15) is 51.4 Å². The van der Waals surface area contributed by atoms with Crippen molar-refractivity contribution in [2.75, 3.05) is 18.4 Å². The van der Waals surface area contributed by atoms with Gasteiger partial charge in [0.2, 0.25) is 5.91 Å². The summed E-state index contributed by atoms with van der Waals surface area (Å²) in [6.07, 6.45) is 6.93. The van der Waals surface area contributed by atoms with Crippen LogP contribution in [0.4, 0.5) is 14.9 Å². The Kier molecular flexibility index (Phi) is 5.65. The molecule has 0 radical (unpaired) electrons. The maximum absolute atomic E-state index is 13.0. The number of carbonyl (C=O) groups is 2. The van der Waals surface area contributed by atoms with Gasteiger partial charge in [0.1, 0.15) is 11.9 Å². The van der Waals surface area contributed by atoms with E-state index in [4.69, 9.17) is 0 Å². The number of likely N-dealkylation sites (tertiary alicyclic amines) is 1. The van der Waals surface area contributed by atoms with Gasteiger partial charge in [-0.3, -0.25) is 4.79 Å². The van der Waals surface area contributed by atoms with Crippen molar-refractivity contribution in [3.05, 3.63) is 30.1 Å². The number of nitrogens with zero attached hydrogens (tertiary/aromatic N) is 2. The summed E-state index contributed by atoms with van der Waals surface area (Å²) in [5, 5.41) is 18.6. The Balaban J connectivity index is 1.27. The summed E-state index contributed by atoms with van der Waals surface area (Å²) < 4.78 is 13.0. The molecule has 30 heavy (non-hydrogen) atoms. The number of benzene rings is 1. The lowest BCUT2D eigenvalue weighted by atomic mass is 9.61. The van der Waals surface area contributed by atoms with E-state index >= 15 is 0 Å². The monoisotopic (exact) mass is 413 g/mol. The average Bonchev–Trinajstić information content (AvgIpc) is 3.24. The molecule has 1 atom stereocenters. The van der Waals surface area contributed by atoms with Crippen LogP contribution < -0.4 is 16.0 Å². The van der Waals surface area contributed by atoms with Crippen LogP contribution in [0.15, 0.2) is 24.3 Å². The van der Waals surface area contributed by atoms with E-state index in [1.54, 1.807) is 4.90 Å². The Morgan fingerprint density at radius 1 is 1.10 bits per heavy atom. The summed E-state index contributed by atoms with van der Waals surface area (Å²) in [4.78, 5) is 26.7. The molecule has 3 aliphatic carbocycles. The zero-order chi connectivity index (χ0) is 21.2. The van der Waals surface area contributed by atoms with Gasteiger partial charge in [0.05, 0.1) is 12.6 Å². The van der Waals surface area contributed by atoms with E-state index in [2.05, 4.69) is 22.0 Å². The minimum absolute atomic E-state index is 0.00707. The second kappa shape index (κ2) is 8.23. The molecule has 3 N–H and O–H groups in total. The summed E-state index contributed by atoms with van der Waals surface area (Å²) in [7, 11) is 0. The molecule has 1 saturated heterocycles. The van der Waals surface area contributed by atoms with E-state index in [1.165, 1.54) is 24.3 Å². The Morgan fingerprint density at radius 2 is 1.73 bits per heavy atom. The summed E-state index contributed by atoms with van der Waals surface area (Å²) in [5.74, 6) is -0.332. The molecule has 4 fully saturated rings. The maximum Gasteiger partial charge on any atom is 0.319 e. The number of hydrogen-bond acceptors (Lipinski definition) is 4. The number of carbonyl (C=O) groups excluding carboxylic acids is 2. The lowest BCUT2D eigenvalue weighted by molar-refractivity contribution is -0.130. The minimum Gasteiger partial charge on any atom is -0.332 e. The van der Waals surface area contributed by atoms with Gasteiger partial charge < -0.3 is 20.9 Å². The van der Waals surface area contributed by atoms with E-state index in [0.29, 0.717) is 12.2 Å². The molecule has 8 heteroatoms. The van der Waals surface area contributed by atoms with Gasteiger partial charge in [-0.25, -0.2) is 9.18 Å². The third-order valence-corrected chi connectivity index (χ3v) is 7.06. The van der Waals surface area contributed by atoms with E-state index in [1.807, 2.05) is 0 Å². The highest BCUT2D eigenvalue weighted by Crippen LogP contribution is 2.46. The molecule has 1 aliphatic heterocycles. The van der Waals surface area contributed by atoms with E-state index in [0.717, 1.165) is 51.4 Å². The van der Waals surface area contributed by atoms with Crippen LogP contribution in [0.25, 0.3) is 0 Å². The normalized spacial score (nSPS) is 30.0. The Hall–Kier alpha value is -2.66. The highest BCUT2D eigenvalue weighted by Gasteiger charge is 2.49. The number of amides is 3. The van der Waals surface area contributed by atoms with Crippen LogP contribution in [0.5, 0.6) is 0 Å². The number of anilines is 1. The molecular formula is C22H28FN5O2. The van der Waals surface area contributed by atoms with Crippen molar-refractivity contribution >= 4 is 17.6 Å². The third kappa shape index (κ3) is 4.26. The van der Waals surface area contributed by atoms with Crippen molar-refractivity contribution in [2.45, 2.75) is 68.5 Å². The molecule has 2 bridgehead atoms. The van der Waals surface area contributed by atoms with Gasteiger partial charge in [0.15, 0.2) is 0 Å². The summed E-state index contributed by atoms with van der Waals surface area (Å²) >= 11 is 0. The summed E-state index contributed by atoms with van der Waals surface area (Å²) in [6, 6.07) is 7.38. The van der Waals surface area contributed by atoms with Gasteiger partial charge in [-0.2, -0.15) is 5.26 Å². The number of rotatable bonds is 5. The van der Waals surface area contributed by atoms with Gasteiger partial charge in [-0.05, 0) is 75.6 Å². The van der Waals surface area contributed by atoms with Crippen LogP contribution >= 0.6 is 0 Å². The smallest absolute Gasteiger partial charge is 0.319 e. The number of halogens is 1. The topological polar surface area (TPSA) is 97.3 Å². The standard InChI is InChI=1S/C22H28FN5O2/c23-16-3-5-17(6-4-16)26-20(30)27-22-10-7-21(8-11-22,9-12-22)25-15-19(29)28-13-1-2-18(28)14-24/h3-6,18,25H,1-2,7-13,15H2,(H2,26,27,30)/t18-,21?,22?/m0/s1. The van der Waals surface area contributed by atoms with Crippen molar-refractivity contribution in [1.82, 2.24) is 15.5 Å². The van der Waals surface area contributed by atoms with Gasteiger partial charge in [0.25, 0.3) is 0 Å². The van der Waals surface area contributed by atoms with Crippen molar-refractivity contribution < 1.29 is 14.0 Å². The first-order chi connectivity index (χ1) is 14.4. The van der Waals surface area contributed by atoms with Gasteiger partial charge in [-0.1, -0.05) is 0 Å². The number of urea groups is 1. The lowest BCUT2D eigenvalue weighted by Gasteiger charge is -2.54. The van der Waals surface area contributed by atoms with Crippen molar-refractivity contribution in [2.24, 2.45) is 0 Å². The first-order valence-corrected chi connectivity index (χ1v) is 10.7. The third-order valence-electron chi connectivity index (χ3n) is 7.06. The number of fused-ring (bicyclic) bond motifs is 3. The van der Waals surface area contributed by atoms with Crippen LogP contribution in [-0.4, -0.2) is 47.0 Å². The number of hydrogen-bond donors (Lipinski definition) is 3. The molecule has 3 amide bonds. The van der Waals surface area contributed by atoms with Gasteiger partial charge in [-0.15, -0.1) is 0 Å². The Labute approximate surface area is 176 Å². The fourth-order valence-electron chi connectivity index (χ4n) is 5.14. The van der Waals surface area contributed by atoms with E-state index < -0.39 is 0 Å². The quantitative estimate of drug-likeness (QED) is 0.691. The Bertz CT molecular complexity index is 826. The summed E-state index contributed by atoms with van der Waals surface area (Å²) in [5.41, 5.74) is 0.274. The zero-order valence-electron chi connectivity index (χ0n) is 17.0. The fraction of sp³-hybridized carbons (Fsp3) is 0.591. The number of nitriles is 1. The van der Waals surface area contributed by atoms with Crippen molar-refractivity contribution in [3.8, 4) is 6.07 Å². The first-order valence-electron chi connectivity index (χ1n) is 10.7. The van der Waals surface area contributed by atoms with E-state index in [9.17, 15) is 19.2 Å². The second-order valence-corrected chi connectivity index (χ2v) is 8.87. The van der Waals surface area contributed by atoms with Crippen LogP contribution in [0.2, 0.25) is 0 Å².